The second kappa shape index (κ2) is 8.34. The van der Waals surface area contributed by atoms with Crippen LogP contribution in [-0.2, 0) is 4.79 Å². The van der Waals surface area contributed by atoms with Gasteiger partial charge < -0.3 is 16.4 Å². The molecular formula is C21H37FN4O. The van der Waals surface area contributed by atoms with E-state index in [2.05, 4.69) is 22.5 Å². The maximum absolute atomic E-state index is 14.3. The number of alkyl halides is 1. The third-order valence-electron chi connectivity index (χ3n) is 7.65. The van der Waals surface area contributed by atoms with Gasteiger partial charge >= 0.3 is 0 Å². The summed E-state index contributed by atoms with van der Waals surface area (Å²) in [7, 11) is 0. The van der Waals surface area contributed by atoms with Crippen LogP contribution in [-0.4, -0.2) is 60.3 Å². The normalized spacial score (nSPS) is 46.0. The number of fused-ring (bicyclic) bond motifs is 1. The lowest BCUT2D eigenvalue weighted by Gasteiger charge is -2.41. The number of nitrogens with one attached hydrogen (secondary N) is 2. The minimum absolute atomic E-state index is 0.0124. The van der Waals surface area contributed by atoms with Crippen molar-refractivity contribution >= 4 is 5.91 Å². The Morgan fingerprint density at radius 3 is 2.78 bits per heavy atom. The summed E-state index contributed by atoms with van der Waals surface area (Å²) in [5.41, 5.74) is 6.16. The largest absolute Gasteiger partial charge is 0.352 e. The Bertz CT molecular complexity index is 514. The molecule has 5 nitrogen and oxygen atoms in total. The molecule has 27 heavy (non-hydrogen) atoms. The summed E-state index contributed by atoms with van der Waals surface area (Å²) in [6.07, 6.45) is 8.26. The summed E-state index contributed by atoms with van der Waals surface area (Å²) < 4.78 is 14.3. The van der Waals surface area contributed by atoms with Crippen LogP contribution in [0.2, 0.25) is 0 Å². The highest BCUT2D eigenvalue weighted by Crippen LogP contribution is 2.38. The van der Waals surface area contributed by atoms with E-state index in [1.165, 1.54) is 12.8 Å². The second-order valence-corrected chi connectivity index (χ2v) is 9.64. The highest BCUT2D eigenvalue weighted by Gasteiger charge is 2.46. The Balaban J connectivity index is 1.30. The molecule has 0 radical (unpaired) electrons. The first-order valence-corrected chi connectivity index (χ1v) is 11.2. The predicted molar refractivity (Wildman–Crippen MR) is 105 cm³/mol. The lowest BCUT2D eigenvalue weighted by Crippen LogP contribution is -2.53. The van der Waals surface area contributed by atoms with Gasteiger partial charge in [-0.2, -0.15) is 0 Å². The number of carbonyl (C=O) groups excluding carboxylic acids is 1. The molecule has 2 saturated heterocycles. The zero-order chi connectivity index (χ0) is 19.0. The lowest BCUT2D eigenvalue weighted by molar-refractivity contribution is -0.124. The van der Waals surface area contributed by atoms with E-state index < -0.39 is 6.17 Å². The van der Waals surface area contributed by atoms with Gasteiger partial charge in [0.2, 0.25) is 5.91 Å². The molecular weight excluding hydrogens is 343 g/mol. The van der Waals surface area contributed by atoms with E-state index in [1.54, 1.807) is 0 Å². The molecule has 1 amide bonds. The molecule has 2 aliphatic heterocycles. The van der Waals surface area contributed by atoms with Crippen molar-refractivity contribution in [3.05, 3.63) is 0 Å². The molecule has 154 valence electrons. The molecule has 0 aromatic carbocycles. The topological polar surface area (TPSA) is 70.4 Å². The van der Waals surface area contributed by atoms with Crippen molar-refractivity contribution in [3.8, 4) is 0 Å². The van der Waals surface area contributed by atoms with Gasteiger partial charge in [-0.1, -0.05) is 6.92 Å². The number of nitrogens with zero attached hydrogens (tertiary/aromatic N) is 1. The van der Waals surface area contributed by atoms with Crippen LogP contribution in [0.25, 0.3) is 0 Å². The molecule has 0 spiro atoms. The van der Waals surface area contributed by atoms with Gasteiger partial charge in [-0.3, -0.25) is 9.69 Å². The summed E-state index contributed by atoms with van der Waals surface area (Å²) in [5, 5.41) is 6.76. The van der Waals surface area contributed by atoms with Crippen LogP contribution in [0.15, 0.2) is 0 Å². The van der Waals surface area contributed by atoms with Crippen LogP contribution in [0.5, 0.6) is 0 Å². The van der Waals surface area contributed by atoms with Gasteiger partial charge in [0.1, 0.15) is 6.17 Å². The van der Waals surface area contributed by atoms with Gasteiger partial charge in [0, 0.05) is 36.6 Å². The molecule has 0 aromatic rings. The first kappa shape index (κ1) is 19.6. The predicted octanol–water partition coefficient (Wildman–Crippen LogP) is 1.95. The molecule has 6 heteroatoms. The Hall–Kier alpha value is -0.720. The minimum Gasteiger partial charge on any atom is -0.352 e. The number of rotatable bonds is 3. The molecule has 4 aliphatic rings. The van der Waals surface area contributed by atoms with Crippen LogP contribution in [0.4, 0.5) is 4.39 Å². The van der Waals surface area contributed by atoms with Gasteiger partial charge in [0.15, 0.2) is 0 Å². The standard InChI is InChI=1S/C21H37FN4O/c1-13-7-8-18(22)17-11-19(25-20(13)17)21(27)24-15-5-2-6-16(10-15)26-9-3-4-14(23)12-26/h13-20,25H,2-12,23H2,1H3,(H,24,27). The highest BCUT2D eigenvalue weighted by molar-refractivity contribution is 5.82. The fourth-order valence-electron chi connectivity index (χ4n) is 6.10. The number of hydrogen-bond donors (Lipinski definition) is 3. The molecule has 2 aliphatic carbocycles. The Morgan fingerprint density at radius 2 is 2.00 bits per heavy atom. The number of hydrogen-bond acceptors (Lipinski definition) is 4. The van der Waals surface area contributed by atoms with Gasteiger partial charge in [-0.25, -0.2) is 4.39 Å². The van der Waals surface area contributed by atoms with E-state index in [0.29, 0.717) is 30.8 Å². The summed E-state index contributed by atoms with van der Waals surface area (Å²) in [5.74, 6) is 0.561. The van der Waals surface area contributed by atoms with Crippen LogP contribution in [0, 0.1) is 11.8 Å². The van der Waals surface area contributed by atoms with Gasteiger partial charge in [0.25, 0.3) is 0 Å². The molecule has 8 unspecified atom stereocenters. The molecule has 4 fully saturated rings. The summed E-state index contributed by atoms with van der Waals surface area (Å²) in [6, 6.07) is 1.04. The zero-order valence-corrected chi connectivity index (χ0v) is 16.7. The average Bonchev–Trinajstić information content (AvgIpc) is 3.12. The number of piperidine rings is 1. The molecule has 0 bridgehead atoms. The fourth-order valence-corrected chi connectivity index (χ4v) is 6.10. The molecule has 0 aromatic heterocycles. The Morgan fingerprint density at radius 1 is 1.15 bits per heavy atom. The van der Waals surface area contributed by atoms with Gasteiger partial charge in [-0.15, -0.1) is 0 Å². The third kappa shape index (κ3) is 4.33. The van der Waals surface area contributed by atoms with Gasteiger partial charge in [0.05, 0.1) is 6.04 Å². The van der Waals surface area contributed by atoms with Crippen molar-refractivity contribution in [1.29, 1.82) is 0 Å². The lowest BCUT2D eigenvalue weighted by atomic mass is 9.77. The quantitative estimate of drug-likeness (QED) is 0.700. The number of carbonyl (C=O) groups is 1. The maximum atomic E-state index is 14.3. The fraction of sp³-hybridized carbons (Fsp3) is 0.952. The van der Waals surface area contributed by atoms with Crippen LogP contribution in [0.1, 0.15) is 64.7 Å². The third-order valence-corrected chi connectivity index (χ3v) is 7.65. The van der Waals surface area contributed by atoms with E-state index in [0.717, 1.165) is 45.2 Å². The summed E-state index contributed by atoms with van der Waals surface area (Å²) in [6.45, 7) is 4.32. The highest BCUT2D eigenvalue weighted by atomic mass is 19.1. The molecule has 2 saturated carbocycles. The van der Waals surface area contributed by atoms with E-state index in [-0.39, 0.29) is 30.0 Å². The van der Waals surface area contributed by atoms with Gasteiger partial charge in [-0.05, 0) is 70.3 Å². The minimum atomic E-state index is -0.751. The van der Waals surface area contributed by atoms with Crippen molar-refractivity contribution in [3.63, 3.8) is 0 Å². The maximum Gasteiger partial charge on any atom is 0.237 e. The number of amides is 1. The first-order chi connectivity index (χ1) is 13.0. The number of halogens is 1. The zero-order valence-electron chi connectivity index (χ0n) is 16.7. The van der Waals surface area contributed by atoms with Crippen molar-refractivity contribution in [2.75, 3.05) is 13.1 Å². The number of nitrogens with two attached hydrogens (primary N) is 1. The van der Waals surface area contributed by atoms with Crippen LogP contribution in [0.3, 0.4) is 0 Å². The smallest absolute Gasteiger partial charge is 0.237 e. The second-order valence-electron chi connectivity index (χ2n) is 9.64. The van der Waals surface area contributed by atoms with E-state index >= 15 is 0 Å². The van der Waals surface area contributed by atoms with Crippen molar-refractivity contribution in [2.24, 2.45) is 17.6 Å². The van der Waals surface area contributed by atoms with E-state index in [1.807, 2.05) is 0 Å². The summed E-state index contributed by atoms with van der Waals surface area (Å²) in [4.78, 5) is 15.4. The van der Waals surface area contributed by atoms with Crippen molar-refractivity contribution in [2.45, 2.75) is 101 Å². The van der Waals surface area contributed by atoms with Crippen molar-refractivity contribution < 1.29 is 9.18 Å². The monoisotopic (exact) mass is 380 g/mol. The van der Waals surface area contributed by atoms with Crippen molar-refractivity contribution in [1.82, 2.24) is 15.5 Å². The molecule has 2 heterocycles. The molecule has 4 N–H and O–H groups in total. The molecule has 4 rings (SSSR count). The van der Waals surface area contributed by atoms with Crippen LogP contribution >= 0.6 is 0 Å². The molecule has 8 atom stereocenters. The van der Waals surface area contributed by atoms with E-state index in [9.17, 15) is 9.18 Å². The summed E-state index contributed by atoms with van der Waals surface area (Å²) >= 11 is 0. The Labute approximate surface area is 163 Å². The SMILES string of the molecule is CC1CCC(F)C2CC(C(=O)NC3CCCC(N4CCCC(N)C4)C3)NC12. The Kier molecular flexibility index (Phi) is 6.05. The number of likely N-dealkylation sites (tertiary alicyclic amines) is 1. The first-order valence-electron chi connectivity index (χ1n) is 11.2. The van der Waals surface area contributed by atoms with E-state index in [4.69, 9.17) is 5.73 Å². The van der Waals surface area contributed by atoms with Crippen LogP contribution < -0.4 is 16.4 Å². The average molecular weight is 381 g/mol.